The molecule has 0 bridgehead atoms. The van der Waals surface area contributed by atoms with Crippen molar-refractivity contribution in [3.8, 4) is 0 Å². The van der Waals surface area contributed by atoms with Gasteiger partial charge in [-0.05, 0) is 19.2 Å². The molecule has 0 aliphatic carbocycles. The fourth-order valence-corrected chi connectivity index (χ4v) is 3.10. The minimum Gasteiger partial charge on any atom is -0.384 e. The van der Waals surface area contributed by atoms with Crippen LogP contribution in [0.2, 0.25) is 5.02 Å². The molecule has 0 radical (unpaired) electrons. The maximum absolute atomic E-state index is 11.7. The number of anilines is 1. The van der Waals surface area contributed by atoms with Crippen LogP contribution in [-0.4, -0.2) is 32.4 Å². The number of ether oxygens (including phenoxy) is 1. The van der Waals surface area contributed by atoms with Crippen LogP contribution < -0.4 is 10.6 Å². The van der Waals surface area contributed by atoms with E-state index in [0.29, 0.717) is 11.6 Å². The number of fused-ring (bicyclic) bond motifs is 1. The average molecular weight is 287 g/mol. The van der Waals surface area contributed by atoms with Gasteiger partial charge >= 0.3 is 0 Å². The molecule has 1 unspecified atom stereocenters. The highest BCUT2D eigenvalue weighted by atomic mass is 35.5. The van der Waals surface area contributed by atoms with E-state index in [1.54, 1.807) is 25.9 Å². The first-order valence-corrected chi connectivity index (χ1v) is 6.97. The third-order valence-corrected chi connectivity index (χ3v) is 4.21. The molecule has 6 heteroatoms. The number of methoxy groups -OCH3 is 1. The molecule has 1 heterocycles. The number of carbonyl (C=O) groups excluding carboxylic acids is 1. The second-order valence-electron chi connectivity index (χ2n) is 3.92. The fourth-order valence-electron chi connectivity index (χ4n) is 1.89. The Bertz CT molecular complexity index is 468. The fraction of sp³-hybridized carbons (Fsp3) is 0.417. The summed E-state index contributed by atoms with van der Waals surface area (Å²) in [6, 6.07) is 3.47. The molecule has 1 amide bonds. The first-order chi connectivity index (χ1) is 8.67. The van der Waals surface area contributed by atoms with Gasteiger partial charge < -0.3 is 15.4 Å². The van der Waals surface area contributed by atoms with Crippen molar-refractivity contribution in [1.29, 1.82) is 0 Å². The van der Waals surface area contributed by atoms with Crippen LogP contribution in [0.4, 0.5) is 5.69 Å². The third kappa shape index (κ3) is 2.64. The third-order valence-electron chi connectivity index (χ3n) is 2.77. The molecule has 0 spiro atoms. The molecule has 18 heavy (non-hydrogen) atoms. The van der Waals surface area contributed by atoms with Crippen LogP contribution in [0.25, 0.3) is 0 Å². The summed E-state index contributed by atoms with van der Waals surface area (Å²) >= 11 is 7.85. The lowest BCUT2D eigenvalue weighted by atomic mass is 10.1. The first-order valence-electron chi connectivity index (χ1n) is 5.60. The Balaban J connectivity index is 2.22. The second-order valence-corrected chi connectivity index (χ2v) is 5.47. The van der Waals surface area contributed by atoms with Crippen LogP contribution in [-0.2, 0) is 9.53 Å². The lowest BCUT2D eigenvalue weighted by Crippen LogP contribution is -2.23. The summed E-state index contributed by atoms with van der Waals surface area (Å²) in [4.78, 5) is 12.7. The summed E-state index contributed by atoms with van der Waals surface area (Å²) in [6.07, 6.45) is 0. The van der Waals surface area contributed by atoms with Gasteiger partial charge in [0.1, 0.15) is 6.04 Å². The topological polar surface area (TPSA) is 50.4 Å². The smallest absolute Gasteiger partial charge is 0.246 e. The molecule has 0 fully saturated rings. The van der Waals surface area contributed by atoms with Crippen LogP contribution in [0.1, 0.15) is 11.6 Å². The number of halogens is 1. The van der Waals surface area contributed by atoms with E-state index in [1.165, 1.54) is 0 Å². The number of thioether (sulfide) groups is 1. The molecular formula is C12H15ClN2O2S. The van der Waals surface area contributed by atoms with Gasteiger partial charge in [-0.2, -0.15) is 0 Å². The van der Waals surface area contributed by atoms with Crippen LogP contribution in [0.3, 0.4) is 0 Å². The Kier molecular flexibility index (Phi) is 4.50. The van der Waals surface area contributed by atoms with Gasteiger partial charge in [-0.15, -0.1) is 11.8 Å². The summed E-state index contributed by atoms with van der Waals surface area (Å²) in [6.45, 7) is 0.670. The molecule has 1 aliphatic rings. The van der Waals surface area contributed by atoms with Gasteiger partial charge in [-0.3, -0.25) is 4.79 Å². The minimum absolute atomic E-state index is 0.0393. The van der Waals surface area contributed by atoms with Gasteiger partial charge in [-0.1, -0.05) is 11.6 Å². The zero-order chi connectivity index (χ0) is 13.1. The highest BCUT2D eigenvalue weighted by Gasteiger charge is 2.30. The largest absolute Gasteiger partial charge is 0.384 e. The number of likely N-dealkylation sites (N-methyl/N-ethyl adjacent to an activating group) is 1. The zero-order valence-electron chi connectivity index (χ0n) is 10.2. The molecule has 0 aromatic heterocycles. The molecule has 1 atom stereocenters. The first kappa shape index (κ1) is 13.7. The maximum atomic E-state index is 11.7. The van der Waals surface area contributed by atoms with Gasteiger partial charge in [0.2, 0.25) is 5.91 Å². The van der Waals surface area contributed by atoms with Gasteiger partial charge in [0, 0.05) is 29.0 Å². The monoisotopic (exact) mass is 286 g/mol. The summed E-state index contributed by atoms with van der Waals surface area (Å²) in [5.41, 5.74) is 1.74. The maximum Gasteiger partial charge on any atom is 0.246 e. The SMILES string of the molecule is CNC1C(=O)Nc2cc(SCCOC)c(Cl)cc21. The van der Waals surface area contributed by atoms with Gasteiger partial charge in [0.05, 0.1) is 11.6 Å². The highest BCUT2D eigenvalue weighted by Crippen LogP contribution is 2.38. The van der Waals surface area contributed by atoms with Crippen molar-refractivity contribution < 1.29 is 9.53 Å². The van der Waals surface area contributed by atoms with Crippen molar-refractivity contribution >= 4 is 35.0 Å². The van der Waals surface area contributed by atoms with Crippen molar-refractivity contribution in [1.82, 2.24) is 5.32 Å². The summed E-state index contributed by atoms with van der Waals surface area (Å²) in [5.74, 6) is 0.793. The summed E-state index contributed by atoms with van der Waals surface area (Å²) in [7, 11) is 3.43. The van der Waals surface area contributed by atoms with E-state index in [1.807, 2.05) is 12.1 Å². The molecule has 98 valence electrons. The Morgan fingerprint density at radius 1 is 1.56 bits per heavy atom. The van der Waals surface area contributed by atoms with Crippen molar-refractivity contribution in [2.45, 2.75) is 10.9 Å². The summed E-state index contributed by atoms with van der Waals surface area (Å²) in [5, 5.41) is 6.50. The van der Waals surface area contributed by atoms with E-state index < -0.39 is 0 Å². The standard InChI is InChI=1S/C12H15ClN2O2S/c1-14-11-7-5-8(13)10(18-4-3-17-2)6-9(7)15-12(11)16/h5-6,11,14H,3-4H2,1-2H3,(H,15,16). The second kappa shape index (κ2) is 5.93. The highest BCUT2D eigenvalue weighted by molar-refractivity contribution is 7.99. The van der Waals surface area contributed by atoms with Gasteiger partial charge in [0.15, 0.2) is 0 Å². The zero-order valence-corrected chi connectivity index (χ0v) is 11.8. The van der Waals surface area contributed by atoms with Crippen molar-refractivity contribution in [2.75, 3.05) is 31.8 Å². The quantitative estimate of drug-likeness (QED) is 0.644. The molecule has 1 aliphatic heterocycles. The normalized spacial score (nSPS) is 17.7. The lowest BCUT2D eigenvalue weighted by Gasteiger charge is -2.09. The average Bonchev–Trinajstić information content (AvgIpc) is 2.64. The Morgan fingerprint density at radius 2 is 2.33 bits per heavy atom. The molecule has 1 aromatic rings. The van der Waals surface area contributed by atoms with E-state index >= 15 is 0 Å². The van der Waals surface area contributed by atoms with E-state index in [4.69, 9.17) is 16.3 Å². The van der Waals surface area contributed by atoms with Crippen LogP contribution in [0.15, 0.2) is 17.0 Å². The van der Waals surface area contributed by atoms with E-state index in [0.717, 1.165) is 21.9 Å². The summed E-state index contributed by atoms with van der Waals surface area (Å²) < 4.78 is 5.00. The molecule has 2 rings (SSSR count). The van der Waals surface area contributed by atoms with Crippen molar-refractivity contribution in [3.05, 3.63) is 22.7 Å². The number of carbonyl (C=O) groups is 1. The van der Waals surface area contributed by atoms with E-state index in [9.17, 15) is 4.79 Å². The molecule has 0 saturated carbocycles. The number of hydrogen-bond acceptors (Lipinski definition) is 4. The van der Waals surface area contributed by atoms with Crippen LogP contribution in [0, 0.1) is 0 Å². The number of nitrogens with one attached hydrogen (secondary N) is 2. The Hall–Kier alpha value is -0.750. The number of amides is 1. The minimum atomic E-state index is -0.310. The predicted molar refractivity (Wildman–Crippen MR) is 74.5 cm³/mol. The Labute approximate surface area is 115 Å². The molecule has 0 saturated heterocycles. The van der Waals surface area contributed by atoms with Crippen LogP contribution >= 0.6 is 23.4 Å². The van der Waals surface area contributed by atoms with E-state index in [2.05, 4.69) is 10.6 Å². The van der Waals surface area contributed by atoms with Gasteiger partial charge in [0.25, 0.3) is 0 Å². The Morgan fingerprint density at radius 3 is 3.00 bits per heavy atom. The molecule has 2 N–H and O–H groups in total. The van der Waals surface area contributed by atoms with Gasteiger partial charge in [-0.25, -0.2) is 0 Å². The lowest BCUT2D eigenvalue weighted by molar-refractivity contribution is -0.117. The predicted octanol–water partition coefficient (Wildman–Crippen LogP) is 2.29. The molecule has 4 nitrogen and oxygen atoms in total. The number of rotatable bonds is 5. The molecular weight excluding hydrogens is 272 g/mol. The molecule has 1 aromatic carbocycles. The van der Waals surface area contributed by atoms with Crippen molar-refractivity contribution in [2.24, 2.45) is 0 Å². The number of benzene rings is 1. The van der Waals surface area contributed by atoms with Crippen LogP contribution in [0.5, 0.6) is 0 Å². The number of hydrogen-bond donors (Lipinski definition) is 2. The van der Waals surface area contributed by atoms with Crippen molar-refractivity contribution in [3.63, 3.8) is 0 Å². The van der Waals surface area contributed by atoms with E-state index in [-0.39, 0.29) is 11.9 Å².